The van der Waals surface area contributed by atoms with Gasteiger partial charge in [0, 0.05) is 12.8 Å². The molecule has 128 valence electrons. The number of carbonyl (C=O) groups excluding carboxylic acids is 1. The van der Waals surface area contributed by atoms with Crippen LogP contribution in [-0.4, -0.2) is 59.0 Å². The van der Waals surface area contributed by atoms with E-state index in [1.54, 1.807) is 12.1 Å². The molecule has 23 heavy (non-hydrogen) atoms. The molecule has 1 amide bonds. The Balaban J connectivity index is 1.74. The summed E-state index contributed by atoms with van der Waals surface area (Å²) in [4.78, 5) is 12.2. The van der Waals surface area contributed by atoms with Gasteiger partial charge in [-0.1, -0.05) is 0 Å². The van der Waals surface area contributed by atoms with E-state index in [2.05, 4.69) is 10.6 Å². The topological polar surface area (TPSA) is 93.7 Å². The van der Waals surface area contributed by atoms with Crippen LogP contribution in [0.15, 0.2) is 29.2 Å². The molecule has 0 radical (unpaired) electrons. The molecule has 1 saturated heterocycles. The number of ether oxygens (including phenoxy) is 2. The molecule has 2 N–H and O–H groups in total. The summed E-state index contributed by atoms with van der Waals surface area (Å²) in [5.74, 6) is 0.437. The van der Waals surface area contributed by atoms with Crippen molar-refractivity contribution in [2.24, 2.45) is 0 Å². The highest BCUT2D eigenvalue weighted by Gasteiger charge is 2.27. The number of nitrogens with one attached hydrogen (secondary N) is 2. The lowest BCUT2D eigenvalue weighted by Crippen LogP contribution is -2.55. The number of hydrogen-bond donors (Lipinski definition) is 2. The van der Waals surface area contributed by atoms with Crippen molar-refractivity contribution in [3.05, 3.63) is 24.3 Å². The fraction of sp³-hybridized carbons (Fsp3) is 0.533. The summed E-state index contributed by atoms with van der Waals surface area (Å²) in [6, 6.07) is 5.83. The standard InChI is InChI=1S/C15H22N2O5S/c1-11-14(16-7-9-21-11)15(18)17-8-10-22-12-3-5-13(6-4-12)23(2,19)20/h3-6,11,14,16H,7-10H2,1-2H3,(H,17,18)/t11-,14+/m1/s1. The fourth-order valence-corrected chi connectivity index (χ4v) is 2.89. The van der Waals surface area contributed by atoms with E-state index in [4.69, 9.17) is 9.47 Å². The Kier molecular flexibility index (Phi) is 5.97. The van der Waals surface area contributed by atoms with E-state index >= 15 is 0 Å². The molecule has 0 unspecified atom stereocenters. The molecule has 0 saturated carbocycles. The summed E-state index contributed by atoms with van der Waals surface area (Å²) in [6.45, 7) is 3.78. The lowest BCUT2D eigenvalue weighted by atomic mass is 10.1. The Morgan fingerprint density at radius 1 is 1.39 bits per heavy atom. The monoisotopic (exact) mass is 342 g/mol. The molecule has 1 fully saturated rings. The molecule has 1 aliphatic heterocycles. The fourth-order valence-electron chi connectivity index (χ4n) is 2.26. The quantitative estimate of drug-likeness (QED) is 0.705. The summed E-state index contributed by atoms with van der Waals surface area (Å²) in [5, 5.41) is 5.90. The zero-order valence-corrected chi connectivity index (χ0v) is 14.1. The second-order valence-corrected chi connectivity index (χ2v) is 7.41. The van der Waals surface area contributed by atoms with Crippen LogP contribution in [0.4, 0.5) is 0 Å². The van der Waals surface area contributed by atoms with Gasteiger partial charge in [-0.05, 0) is 31.2 Å². The third kappa shape index (κ3) is 5.19. The number of benzene rings is 1. The number of rotatable bonds is 6. The normalized spacial score (nSPS) is 21.7. The van der Waals surface area contributed by atoms with E-state index in [0.717, 1.165) is 6.26 Å². The van der Waals surface area contributed by atoms with Crippen LogP contribution in [0.25, 0.3) is 0 Å². The molecule has 7 nitrogen and oxygen atoms in total. The molecule has 1 aromatic carbocycles. The molecular weight excluding hydrogens is 320 g/mol. The van der Waals surface area contributed by atoms with Crippen molar-refractivity contribution in [2.75, 3.05) is 32.6 Å². The third-order valence-electron chi connectivity index (χ3n) is 3.52. The summed E-state index contributed by atoms with van der Waals surface area (Å²) >= 11 is 0. The van der Waals surface area contributed by atoms with Crippen LogP contribution >= 0.6 is 0 Å². The predicted octanol–water partition coefficient (Wildman–Crippen LogP) is -0.0380. The molecule has 1 heterocycles. The summed E-state index contributed by atoms with van der Waals surface area (Å²) in [6.07, 6.45) is 0.996. The molecule has 1 aliphatic rings. The van der Waals surface area contributed by atoms with Gasteiger partial charge in [-0.25, -0.2) is 8.42 Å². The number of morpholine rings is 1. The van der Waals surface area contributed by atoms with Crippen molar-refractivity contribution in [3.63, 3.8) is 0 Å². The van der Waals surface area contributed by atoms with Crippen LogP contribution in [-0.2, 0) is 19.4 Å². The highest BCUT2D eigenvalue weighted by Crippen LogP contribution is 2.15. The largest absolute Gasteiger partial charge is 0.492 e. The van der Waals surface area contributed by atoms with Gasteiger partial charge in [-0.3, -0.25) is 4.79 Å². The highest BCUT2D eigenvalue weighted by atomic mass is 32.2. The van der Waals surface area contributed by atoms with Crippen LogP contribution in [0.3, 0.4) is 0 Å². The lowest BCUT2D eigenvalue weighted by molar-refractivity contribution is -0.129. The van der Waals surface area contributed by atoms with E-state index in [0.29, 0.717) is 32.1 Å². The second-order valence-electron chi connectivity index (χ2n) is 5.39. The minimum Gasteiger partial charge on any atom is -0.492 e. The van der Waals surface area contributed by atoms with Crippen molar-refractivity contribution in [3.8, 4) is 5.75 Å². The van der Waals surface area contributed by atoms with E-state index in [1.165, 1.54) is 12.1 Å². The van der Waals surface area contributed by atoms with Crippen molar-refractivity contribution in [1.29, 1.82) is 0 Å². The molecule has 1 aromatic rings. The van der Waals surface area contributed by atoms with Gasteiger partial charge in [0.15, 0.2) is 9.84 Å². The van der Waals surface area contributed by atoms with Crippen molar-refractivity contribution in [2.45, 2.75) is 24.0 Å². The molecule has 2 rings (SSSR count). The first-order valence-corrected chi connectivity index (χ1v) is 9.32. The molecule has 0 bridgehead atoms. The summed E-state index contributed by atoms with van der Waals surface area (Å²) in [7, 11) is -3.21. The van der Waals surface area contributed by atoms with E-state index < -0.39 is 9.84 Å². The maximum atomic E-state index is 12.0. The molecular formula is C15H22N2O5S. The Hall–Kier alpha value is -1.64. The van der Waals surface area contributed by atoms with Gasteiger partial charge in [0.2, 0.25) is 5.91 Å². The van der Waals surface area contributed by atoms with Crippen LogP contribution in [0.1, 0.15) is 6.92 Å². The van der Waals surface area contributed by atoms with Crippen molar-refractivity contribution >= 4 is 15.7 Å². The molecule has 0 aliphatic carbocycles. The molecule has 0 spiro atoms. The zero-order chi connectivity index (χ0) is 16.9. The Labute approximate surface area is 136 Å². The van der Waals surface area contributed by atoms with Gasteiger partial charge >= 0.3 is 0 Å². The first-order chi connectivity index (χ1) is 10.9. The SMILES string of the molecule is C[C@H]1OCCN[C@@H]1C(=O)NCCOc1ccc(S(C)(=O)=O)cc1. The third-order valence-corrected chi connectivity index (χ3v) is 4.65. The number of hydrogen-bond acceptors (Lipinski definition) is 6. The van der Waals surface area contributed by atoms with Gasteiger partial charge in [-0.15, -0.1) is 0 Å². The van der Waals surface area contributed by atoms with Crippen molar-refractivity contribution in [1.82, 2.24) is 10.6 Å². The second kappa shape index (κ2) is 7.76. The van der Waals surface area contributed by atoms with E-state index in [-0.39, 0.29) is 22.9 Å². The van der Waals surface area contributed by atoms with Crippen LogP contribution in [0.2, 0.25) is 0 Å². The molecule has 2 atom stereocenters. The van der Waals surface area contributed by atoms with Gasteiger partial charge in [-0.2, -0.15) is 0 Å². The Bertz CT molecular complexity index is 630. The Morgan fingerprint density at radius 3 is 2.70 bits per heavy atom. The van der Waals surface area contributed by atoms with E-state index in [9.17, 15) is 13.2 Å². The number of carbonyl (C=O) groups is 1. The minimum atomic E-state index is -3.21. The van der Waals surface area contributed by atoms with Crippen LogP contribution < -0.4 is 15.4 Å². The first kappa shape index (κ1) is 17.7. The molecule has 0 aromatic heterocycles. The minimum absolute atomic E-state index is 0.117. The van der Waals surface area contributed by atoms with Gasteiger partial charge in [0.25, 0.3) is 0 Å². The lowest BCUT2D eigenvalue weighted by Gasteiger charge is -2.29. The summed E-state index contributed by atoms with van der Waals surface area (Å²) in [5.41, 5.74) is 0. The highest BCUT2D eigenvalue weighted by molar-refractivity contribution is 7.90. The average molecular weight is 342 g/mol. The van der Waals surface area contributed by atoms with Gasteiger partial charge < -0.3 is 20.1 Å². The first-order valence-electron chi connectivity index (χ1n) is 7.43. The van der Waals surface area contributed by atoms with Crippen LogP contribution in [0, 0.1) is 0 Å². The Morgan fingerprint density at radius 2 is 2.09 bits per heavy atom. The van der Waals surface area contributed by atoms with Gasteiger partial charge in [0.05, 0.1) is 24.2 Å². The average Bonchev–Trinajstić information content (AvgIpc) is 2.51. The smallest absolute Gasteiger partial charge is 0.239 e. The number of amides is 1. The van der Waals surface area contributed by atoms with E-state index in [1.807, 2.05) is 6.92 Å². The van der Waals surface area contributed by atoms with Gasteiger partial charge in [0.1, 0.15) is 18.4 Å². The maximum Gasteiger partial charge on any atom is 0.239 e. The predicted molar refractivity (Wildman–Crippen MR) is 85.3 cm³/mol. The zero-order valence-electron chi connectivity index (χ0n) is 13.2. The molecule has 8 heteroatoms. The summed E-state index contributed by atoms with van der Waals surface area (Å²) < 4.78 is 33.6. The van der Waals surface area contributed by atoms with Crippen LogP contribution in [0.5, 0.6) is 5.75 Å². The van der Waals surface area contributed by atoms with Crippen molar-refractivity contribution < 1.29 is 22.7 Å². The maximum absolute atomic E-state index is 12.0. The number of sulfone groups is 1.